The second-order valence-electron chi connectivity index (χ2n) is 9.17. The van der Waals surface area contributed by atoms with Crippen LogP contribution in [0, 0.1) is 12.7 Å². The molecule has 4 aromatic rings. The standard InChI is InChI=1S/C30H30FN3O3S/c1-22-13-17-25(18-14-22)29(24-9-5-4-6-10-24)32-30(35)26-19-15-23(16-20-26)21-34(38(36,37)33(2)3)28-12-8-7-11-27(28)31/h4-20,29H,21H2,1-3H3,(H,32,35)/t29-/m0/s1. The van der Waals surface area contributed by atoms with Gasteiger partial charge in [-0.25, -0.2) is 4.39 Å². The highest BCUT2D eigenvalue weighted by Crippen LogP contribution is 2.26. The highest BCUT2D eigenvalue weighted by molar-refractivity contribution is 7.90. The number of benzene rings is 4. The molecule has 0 unspecified atom stereocenters. The molecule has 8 heteroatoms. The molecule has 0 aliphatic rings. The van der Waals surface area contributed by atoms with Gasteiger partial charge < -0.3 is 5.32 Å². The highest BCUT2D eigenvalue weighted by Gasteiger charge is 2.27. The SMILES string of the molecule is Cc1ccc([C@@H](NC(=O)c2ccc(CN(c3ccccc3F)S(=O)(=O)N(C)C)cc2)c2ccccc2)cc1. The zero-order chi connectivity index (χ0) is 27.3. The monoisotopic (exact) mass is 531 g/mol. The minimum Gasteiger partial charge on any atom is -0.341 e. The first kappa shape index (κ1) is 27.0. The summed E-state index contributed by atoms with van der Waals surface area (Å²) in [4.78, 5) is 13.2. The Balaban J connectivity index is 1.58. The molecule has 0 aliphatic carbocycles. The fraction of sp³-hybridized carbons (Fsp3) is 0.167. The van der Waals surface area contributed by atoms with Crippen molar-refractivity contribution in [3.05, 3.63) is 137 Å². The minimum absolute atomic E-state index is 0.0492. The van der Waals surface area contributed by atoms with Gasteiger partial charge in [-0.2, -0.15) is 12.7 Å². The maximum Gasteiger partial charge on any atom is 0.303 e. The summed E-state index contributed by atoms with van der Waals surface area (Å²) in [5.41, 5.74) is 4.02. The molecule has 6 nitrogen and oxygen atoms in total. The molecule has 0 spiro atoms. The zero-order valence-corrected chi connectivity index (χ0v) is 22.3. The van der Waals surface area contributed by atoms with Crippen LogP contribution in [-0.4, -0.2) is 32.7 Å². The fourth-order valence-electron chi connectivity index (χ4n) is 4.05. The van der Waals surface area contributed by atoms with Crippen molar-refractivity contribution >= 4 is 21.8 Å². The van der Waals surface area contributed by atoms with Crippen molar-refractivity contribution in [2.24, 2.45) is 0 Å². The summed E-state index contributed by atoms with van der Waals surface area (Å²) in [7, 11) is -1.18. The van der Waals surface area contributed by atoms with E-state index in [-0.39, 0.29) is 24.2 Å². The minimum atomic E-state index is -3.97. The fourth-order valence-corrected chi connectivity index (χ4v) is 5.15. The number of anilines is 1. The quantitative estimate of drug-likeness (QED) is 0.312. The van der Waals surface area contributed by atoms with Gasteiger partial charge in [-0.05, 0) is 47.9 Å². The Hall–Kier alpha value is -4.01. The maximum absolute atomic E-state index is 14.6. The van der Waals surface area contributed by atoms with Crippen LogP contribution >= 0.6 is 0 Å². The van der Waals surface area contributed by atoms with Gasteiger partial charge in [0.05, 0.1) is 18.3 Å². The number of amides is 1. The number of rotatable bonds is 9. The summed E-state index contributed by atoms with van der Waals surface area (Å²) >= 11 is 0. The first-order valence-corrected chi connectivity index (χ1v) is 13.5. The van der Waals surface area contributed by atoms with Crippen LogP contribution in [0.25, 0.3) is 0 Å². The van der Waals surface area contributed by atoms with Crippen molar-refractivity contribution in [1.82, 2.24) is 9.62 Å². The van der Waals surface area contributed by atoms with E-state index in [2.05, 4.69) is 5.32 Å². The molecule has 4 rings (SSSR count). The van der Waals surface area contributed by atoms with E-state index in [0.717, 1.165) is 25.3 Å². The summed E-state index contributed by atoms with van der Waals surface area (Å²) in [6.07, 6.45) is 0. The van der Waals surface area contributed by atoms with Crippen LogP contribution < -0.4 is 9.62 Å². The predicted octanol–water partition coefficient (Wildman–Crippen LogP) is 5.47. The van der Waals surface area contributed by atoms with E-state index in [0.29, 0.717) is 11.1 Å². The molecule has 0 fully saturated rings. The van der Waals surface area contributed by atoms with Gasteiger partial charge in [0.15, 0.2) is 0 Å². The predicted molar refractivity (Wildman–Crippen MR) is 149 cm³/mol. The number of para-hydroxylation sites is 1. The molecule has 1 atom stereocenters. The van der Waals surface area contributed by atoms with Crippen molar-refractivity contribution in [2.45, 2.75) is 19.5 Å². The van der Waals surface area contributed by atoms with Crippen LogP contribution in [0.2, 0.25) is 0 Å². The molecule has 1 N–H and O–H groups in total. The van der Waals surface area contributed by atoms with Gasteiger partial charge in [-0.1, -0.05) is 84.4 Å². The number of hydrogen-bond acceptors (Lipinski definition) is 3. The Bertz CT molecular complexity index is 1490. The normalized spacial score (nSPS) is 12.2. The molecule has 0 radical (unpaired) electrons. The number of nitrogens with zero attached hydrogens (tertiary/aromatic N) is 2. The maximum atomic E-state index is 14.6. The number of aryl methyl sites for hydroxylation is 1. The van der Waals surface area contributed by atoms with Gasteiger partial charge in [-0.3, -0.25) is 9.10 Å². The summed E-state index contributed by atoms with van der Waals surface area (Å²) in [5.74, 6) is -0.908. The Morgan fingerprint density at radius 3 is 2.00 bits per heavy atom. The average molecular weight is 532 g/mol. The van der Waals surface area contributed by atoms with Gasteiger partial charge in [0.25, 0.3) is 5.91 Å². The third kappa shape index (κ3) is 6.10. The summed E-state index contributed by atoms with van der Waals surface area (Å²) in [5, 5.41) is 3.12. The van der Waals surface area contributed by atoms with E-state index in [4.69, 9.17) is 0 Å². The molecule has 0 aliphatic heterocycles. The van der Waals surface area contributed by atoms with Gasteiger partial charge in [0.2, 0.25) is 0 Å². The van der Waals surface area contributed by atoms with Crippen molar-refractivity contribution in [2.75, 3.05) is 18.4 Å². The lowest BCUT2D eigenvalue weighted by Gasteiger charge is -2.27. The van der Waals surface area contributed by atoms with Crippen LogP contribution in [0.5, 0.6) is 0 Å². The van der Waals surface area contributed by atoms with E-state index in [9.17, 15) is 17.6 Å². The van der Waals surface area contributed by atoms with E-state index in [1.54, 1.807) is 30.3 Å². The smallest absolute Gasteiger partial charge is 0.303 e. The molecule has 0 aromatic heterocycles. The van der Waals surface area contributed by atoms with Crippen LogP contribution in [0.1, 0.15) is 38.7 Å². The largest absolute Gasteiger partial charge is 0.341 e. The molecule has 1 amide bonds. The van der Waals surface area contributed by atoms with Crippen molar-refractivity contribution in [1.29, 1.82) is 0 Å². The van der Waals surface area contributed by atoms with Crippen LogP contribution in [-0.2, 0) is 16.8 Å². The summed E-state index contributed by atoms with van der Waals surface area (Å²) < 4.78 is 42.6. The molecular weight excluding hydrogens is 501 g/mol. The van der Waals surface area contributed by atoms with Gasteiger partial charge in [-0.15, -0.1) is 0 Å². The van der Waals surface area contributed by atoms with E-state index in [1.807, 2.05) is 61.5 Å². The molecular formula is C30H30FN3O3S. The zero-order valence-electron chi connectivity index (χ0n) is 21.5. The van der Waals surface area contributed by atoms with Gasteiger partial charge in [0.1, 0.15) is 5.82 Å². The lowest BCUT2D eigenvalue weighted by molar-refractivity contribution is 0.0943. The molecule has 0 saturated heterocycles. The van der Waals surface area contributed by atoms with Crippen molar-refractivity contribution in [3.8, 4) is 0 Å². The Morgan fingerprint density at radius 2 is 1.39 bits per heavy atom. The van der Waals surface area contributed by atoms with E-state index < -0.39 is 16.0 Å². The van der Waals surface area contributed by atoms with Crippen LogP contribution in [0.3, 0.4) is 0 Å². The summed E-state index contributed by atoms with van der Waals surface area (Å²) in [6, 6.07) is 29.8. The highest BCUT2D eigenvalue weighted by atomic mass is 32.2. The van der Waals surface area contributed by atoms with Crippen molar-refractivity contribution in [3.63, 3.8) is 0 Å². The number of nitrogens with one attached hydrogen (secondary N) is 1. The second-order valence-corrected chi connectivity index (χ2v) is 11.2. The topological polar surface area (TPSA) is 69.7 Å². The number of halogens is 1. The first-order chi connectivity index (χ1) is 18.2. The average Bonchev–Trinajstić information content (AvgIpc) is 2.92. The molecule has 196 valence electrons. The third-order valence-corrected chi connectivity index (χ3v) is 8.03. The van der Waals surface area contributed by atoms with Gasteiger partial charge in [0, 0.05) is 19.7 Å². The van der Waals surface area contributed by atoms with Gasteiger partial charge >= 0.3 is 10.2 Å². The Kier molecular flexibility index (Phi) is 8.24. The summed E-state index contributed by atoms with van der Waals surface area (Å²) in [6.45, 7) is 1.91. The second kappa shape index (κ2) is 11.6. The molecule has 4 aromatic carbocycles. The van der Waals surface area contributed by atoms with E-state index >= 15 is 0 Å². The molecule has 0 saturated carbocycles. The number of hydrogen-bond donors (Lipinski definition) is 1. The van der Waals surface area contributed by atoms with Crippen LogP contribution in [0.4, 0.5) is 10.1 Å². The first-order valence-electron chi connectivity index (χ1n) is 12.1. The van der Waals surface area contributed by atoms with Crippen LogP contribution in [0.15, 0.2) is 103 Å². The molecule has 38 heavy (non-hydrogen) atoms. The Morgan fingerprint density at radius 1 is 0.816 bits per heavy atom. The third-order valence-electron chi connectivity index (χ3n) is 6.22. The lowest BCUT2D eigenvalue weighted by atomic mass is 9.97. The molecule has 0 heterocycles. The Labute approximate surface area is 223 Å². The van der Waals surface area contributed by atoms with E-state index in [1.165, 1.54) is 32.3 Å². The number of carbonyl (C=O) groups is 1. The lowest BCUT2D eigenvalue weighted by Crippen LogP contribution is -2.40. The molecule has 0 bridgehead atoms. The van der Waals surface area contributed by atoms with Crippen molar-refractivity contribution < 1.29 is 17.6 Å². The number of carbonyl (C=O) groups excluding carboxylic acids is 1.